The first kappa shape index (κ1) is 21.5. The Hall–Kier alpha value is -3.19. The first-order valence-electron chi connectivity index (χ1n) is 9.79. The largest absolute Gasteiger partial charge is 0.459 e. The maximum absolute atomic E-state index is 12.6. The molecule has 0 saturated carbocycles. The summed E-state index contributed by atoms with van der Waals surface area (Å²) in [5.41, 5.74) is 0.907. The molecule has 0 bridgehead atoms. The van der Waals surface area contributed by atoms with E-state index in [2.05, 4.69) is 4.99 Å². The zero-order valence-corrected chi connectivity index (χ0v) is 17.3. The first-order chi connectivity index (χ1) is 14.5. The molecule has 3 rings (SSSR count). The Morgan fingerprint density at radius 1 is 1.03 bits per heavy atom. The first-order valence-corrected chi connectivity index (χ1v) is 9.79. The summed E-state index contributed by atoms with van der Waals surface area (Å²) in [4.78, 5) is 30.8. The quantitative estimate of drug-likeness (QED) is 0.397. The molecule has 4 atom stereocenters. The van der Waals surface area contributed by atoms with Gasteiger partial charge in [0.05, 0.1) is 17.5 Å². The van der Waals surface area contributed by atoms with Gasteiger partial charge in [-0.25, -0.2) is 9.59 Å². The third kappa shape index (κ3) is 5.04. The summed E-state index contributed by atoms with van der Waals surface area (Å²) in [6, 6.07) is 17.5. The van der Waals surface area contributed by atoms with E-state index < -0.39 is 24.1 Å². The van der Waals surface area contributed by atoms with Gasteiger partial charge in [-0.15, -0.1) is 0 Å². The van der Waals surface area contributed by atoms with E-state index in [1.165, 1.54) is 0 Å². The zero-order chi connectivity index (χ0) is 21.5. The van der Waals surface area contributed by atoms with Crippen LogP contribution in [-0.4, -0.2) is 62.3 Å². The second-order valence-electron chi connectivity index (χ2n) is 7.16. The van der Waals surface area contributed by atoms with Crippen LogP contribution in [0.3, 0.4) is 0 Å². The van der Waals surface area contributed by atoms with Crippen LogP contribution in [0.25, 0.3) is 0 Å². The highest BCUT2D eigenvalue weighted by Gasteiger charge is 2.46. The minimum Gasteiger partial charge on any atom is -0.459 e. The number of hydrogen-bond acceptors (Lipinski definition) is 6. The molecule has 0 amide bonds. The Labute approximate surface area is 176 Å². The molecule has 0 spiro atoms. The van der Waals surface area contributed by atoms with E-state index in [9.17, 15) is 9.59 Å². The van der Waals surface area contributed by atoms with Crippen LogP contribution >= 0.6 is 0 Å². The van der Waals surface area contributed by atoms with Crippen LogP contribution in [0.15, 0.2) is 65.7 Å². The van der Waals surface area contributed by atoms with Crippen molar-refractivity contribution in [1.82, 2.24) is 4.90 Å². The van der Waals surface area contributed by atoms with Crippen molar-refractivity contribution >= 4 is 18.3 Å². The van der Waals surface area contributed by atoms with Crippen LogP contribution in [0.1, 0.15) is 27.6 Å². The molecule has 1 aliphatic heterocycles. The van der Waals surface area contributed by atoms with Crippen molar-refractivity contribution in [1.29, 1.82) is 0 Å². The van der Waals surface area contributed by atoms with Crippen molar-refractivity contribution in [2.45, 2.75) is 25.4 Å². The topological polar surface area (TPSA) is 77.4 Å². The van der Waals surface area contributed by atoms with Gasteiger partial charge in [0.25, 0.3) is 0 Å². The van der Waals surface area contributed by atoms with Crippen LogP contribution < -0.4 is 0 Å². The summed E-state index contributed by atoms with van der Waals surface area (Å²) in [6.07, 6.45) is 0.0926. The van der Waals surface area contributed by atoms with Gasteiger partial charge in [-0.1, -0.05) is 43.3 Å². The monoisotopic (exact) mass is 410 g/mol. The number of benzene rings is 2. The highest BCUT2D eigenvalue weighted by atomic mass is 16.6. The minimum atomic E-state index is -0.599. The Balaban J connectivity index is 1.73. The Bertz CT molecular complexity index is 872. The average Bonchev–Trinajstić information content (AvgIpc) is 3.08. The maximum atomic E-state index is 12.6. The van der Waals surface area contributed by atoms with E-state index in [1.807, 2.05) is 31.0 Å². The van der Waals surface area contributed by atoms with Gasteiger partial charge in [0.1, 0.15) is 25.0 Å². The Morgan fingerprint density at radius 2 is 1.60 bits per heavy atom. The second-order valence-corrected chi connectivity index (χ2v) is 7.16. The zero-order valence-electron chi connectivity index (χ0n) is 17.3. The standard InChI is InChI=1S/C23H26N2O5/c1-16-20(30-23(27)18-12-8-5-9-13-18)19(29-21(16)25(3)15-24-2)14-28-22(26)17-10-6-4-7-11-17/h4-13,15-16,19-21H,14H2,1-3H3. The molecule has 1 heterocycles. The molecule has 158 valence electrons. The normalized spacial score (nSPS) is 23.3. The predicted molar refractivity (Wildman–Crippen MR) is 112 cm³/mol. The molecular formula is C23H26N2O5. The summed E-state index contributed by atoms with van der Waals surface area (Å²) in [5.74, 6) is -1.06. The van der Waals surface area contributed by atoms with Crippen molar-refractivity contribution < 1.29 is 23.8 Å². The van der Waals surface area contributed by atoms with Gasteiger partial charge in [0.2, 0.25) is 0 Å². The molecule has 0 aliphatic carbocycles. The van der Waals surface area contributed by atoms with E-state index >= 15 is 0 Å². The van der Waals surface area contributed by atoms with E-state index in [0.29, 0.717) is 11.1 Å². The Morgan fingerprint density at radius 3 is 2.17 bits per heavy atom. The van der Waals surface area contributed by atoms with E-state index in [0.717, 1.165) is 0 Å². The molecule has 2 aromatic rings. The van der Waals surface area contributed by atoms with Gasteiger partial charge < -0.3 is 19.1 Å². The highest BCUT2D eigenvalue weighted by Crippen LogP contribution is 2.31. The molecule has 2 aromatic carbocycles. The lowest BCUT2D eigenvalue weighted by Gasteiger charge is -2.25. The number of hydrogen-bond donors (Lipinski definition) is 0. The van der Waals surface area contributed by atoms with Crippen molar-refractivity contribution in [3.05, 3.63) is 71.8 Å². The summed E-state index contributed by atoms with van der Waals surface area (Å²) in [5, 5.41) is 0. The summed E-state index contributed by atoms with van der Waals surface area (Å²) in [6.45, 7) is 1.91. The minimum absolute atomic E-state index is 0.0294. The summed E-state index contributed by atoms with van der Waals surface area (Å²) < 4.78 is 17.4. The number of esters is 2. The second kappa shape index (κ2) is 10.0. The molecule has 7 nitrogen and oxygen atoms in total. The van der Waals surface area contributed by atoms with Crippen molar-refractivity contribution in [3.8, 4) is 0 Å². The molecule has 1 saturated heterocycles. The SMILES string of the molecule is CN=CN(C)C1OC(COC(=O)c2ccccc2)C(OC(=O)c2ccccc2)C1C. The summed E-state index contributed by atoms with van der Waals surface area (Å²) >= 11 is 0. The molecule has 7 heteroatoms. The third-order valence-corrected chi connectivity index (χ3v) is 4.99. The van der Waals surface area contributed by atoms with Crippen LogP contribution in [-0.2, 0) is 14.2 Å². The lowest BCUT2D eigenvalue weighted by atomic mass is 10.0. The molecule has 0 aromatic heterocycles. The lowest BCUT2D eigenvalue weighted by molar-refractivity contribution is -0.0631. The van der Waals surface area contributed by atoms with E-state index in [-0.39, 0.29) is 18.8 Å². The van der Waals surface area contributed by atoms with E-state index in [4.69, 9.17) is 14.2 Å². The van der Waals surface area contributed by atoms with E-state index in [1.54, 1.807) is 61.9 Å². The molecule has 1 aliphatic rings. The fourth-order valence-corrected chi connectivity index (χ4v) is 3.49. The molecule has 1 fully saturated rings. The number of carbonyl (C=O) groups is 2. The fraction of sp³-hybridized carbons (Fsp3) is 0.348. The average molecular weight is 410 g/mol. The van der Waals surface area contributed by atoms with Gasteiger partial charge in [0, 0.05) is 20.0 Å². The van der Waals surface area contributed by atoms with Crippen LogP contribution in [0.2, 0.25) is 0 Å². The maximum Gasteiger partial charge on any atom is 0.338 e. The molecule has 30 heavy (non-hydrogen) atoms. The molecule has 0 N–H and O–H groups in total. The molecule has 0 radical (unpaired) electrons. The Kier molecular flexibility index (Phi) is 7.19. The van der Waals surface area contributed by atoms with Crippen molar-refractivity contribution in [2.24, 2.45) is 10.9 Å². The van der Waals surface area contributed by atoms with Gasteiger partial charge in [0.15, 0.2) is 0 Å². The van der Waals surface area contributed by atoms with Crippen molar-refractivity contribution in [2.75, 3.05) is 20.7 Å². The lowest BCUT2D eigenvalue weighted by Crippen LogP contribution is -2.37. The van der Waals surface area contributed by atoms with Gasteiger partial charge in [-0.05, 0) is 24.3 Å². The van der Waals surface area contributed by atoms with Gasteiger partial charge in [-0.3, -0.25) is 4.99 Å². The van der Waals surface area contributed by atoms with Crippen LogP contribution in [0, 0.1) is 5.92 Å². The fourth-order valence-electron chi connectivity index (χ4n) is 3.49. The molecule has 4 unspecified atom stereocenters. The van der Waals surface area contributed by atoms with Gasteiger partial charge >= 0.3 is 11.9 Å². The number of aliphatic imine (C=N–C) groups is 1. The van der Waals surface area contributed by atoms with Crippen LogP contribution in [0.4, 0.5) is 0 Å². The number of nitrogens with zero attached hydrogens (tertiary/aromatic N) is 2. The number of carbonyl (C=O) groups excluding carboxylic acids is 2. The predicted octanol–water partition coefficient (Wildman–Crippen LogP) is 3.02. The van der Waals surface area contributed by atoms with Gasteiger partial charge in [-0.2, -0.15) is 0 Å². The molecular weight excluding hydrogens is 384 g/mol. The van der Waals surface area contributed by atoms with Crippen molar-refractivity contribution in [3.63, 3.8) is 0 Å². The van der Waals surface area contributed by atoms with Crippen LogP contribution in [0.5, 0.6) is 0 Å². The smallest absolute Gasteiger partial charge is 0.338 e. The highest BCUT2D eigenvalue weighted by molar-refractivity contribution is 5.90. The summed E-state index contributed by atoms with van der Waals surface area (Å²) in [7, 11) is 3.50. The number of rotatable bonds is 7. The number of ether oxygens (including phenoxy) is 3. The third-order valence-electron chi connectivity index (χ3n) is 4.99.